The van der Waals surface area contributed by atoms with Crippen LogP contribution in [-0.2, 0) is 6.61 Å². The van der Waals surface area contributed by atoms with E-state index >= 15 is 0 Å². The summed E-state index contributed by atoms with van der Waals surface area (Å²) < 4.78 is 5.62. The van der Waals surface area contributed by atoms with Gasteiger partial charge in [-0.2, -0.15) is 0 Å². The second kappa shape index (κ2) is 4.88. The molecule has 18 heavy (non-hydrogen) atoms. The van der Waals surface area contributed by atoms with E-state index in [-0.39, 0.29) is 0 Å². The summed E-state index contributed by atoms with van der Waals surface area (Å²) in [6.45, 7) is 0.448. The minimum Gasteiger partial charge on any atom is -0.485 e. The largest absolute Gasteiger partial charge is 0.485 e. The number of halogens is 1. The van der Waals surface area contributed by atoms with Crippen LogP contribution in [0, 0.1) is 0 Å². The topological polar surface area (TPSA) is 47.9 Å². The highest BCUT2D eigenvalue weighted by molar-refractivity contribution is 7.09. The first kappa shape index (κ1) is 11.4. The van der Waals surface area contributed by atoms with E-state index in [0.717, 1.165) is 10.4 Å². The highest BCUT2D eigenvalue weighted by Gasteiger charge is 2.04. The lowest BCUT2D eigenvalue weighted by atomic mass is 10.2. The molecule has 0 aliphatic carbocycles. The third-order valence-corrected chi connectivity index (χ3v) is 3.40. The predicted octanol–water partition coefficient (Wildman–Crippen LogP) is 3.32. The summed E-state index contributed by atoms with van der Waals surface area (Å²) in [6.07, 6.45) is 5.05. The first-order valence-corrected chi connectivity index (χ1v) is 6.50. The van der Waals surface area contributed by atoms with Gasteiger partial charge in [0, 0.05) is 23.2 Å². The quantitative estimate of drug-likeness (QED) is 0.689. The Balaban J connectivity index is 1.85. The maximum atomic E-state index is 5.94. The Labute approximate surface area is 112 Å². The molecule has 90 valence electrons. The van der Waals surface area contributed by atoms with E-state index in [4.69, 9.17) is 16.3 Å². The average Bonchev–Trinajstić information content (AvgIpc) is 2.90. The molecular formula is C12H8ClN3OS. The number of hydrogen-bond acceptors (Lipinski definition) is 5. The van der Waals surface area contributed by atoms with Crippen molar-refractivity contribution in [3.05, 3.63) is 46.3 Å². The number of hydrogen-bond donors (Lipinski definition) is 0. The molecule has 0 aromatic carbocycles. The van der Waals surface area contributed by atoms with Gasteiger partial charge in [-0.1, -0.05) is 11.6 Å². The molecule has 0 saturated carbocycles. The van der Waals surface area contributed by atoms with Crippen LogP contribution in [0.2, 0.25) is 5.15 Å². The maximum Gasteiger partial charge on any atom is 0.155 e. The van der Waals surface area contributed by atoms with Crippen molar-refractivity contribution in [3.8, 4) is 5.75 Å². The van der Waals surface area contributed by atoms with Crippen LogP contribution in [0.15, 0.2) is 36.1 Å². The summed E-state index contributed by atoms with van der Waals surface area (Å²) in [5, 5.41) is 4.16. The van der Waals surface area contributed by atoms with Gasteiger partial charge in [0.1, 0.15) is 22.9 Å². The normalized spacial score (nSPS) is 10.7. The van der Waals surface area contributed by atoms with Crippen molar-refractivity contribution < 1.29 is 4.74 Å². The summed E-state index contributed by atoms with van der Waals surface area (Å²) in [6, 6.07) is 3.74. The summed E-state index contributed by atoms with van der Waals surface area (Å²) in [5.74, 6) is 0.694. The van der Waals surface area contributed by atoms with Crippen LogP contribution in [0.3, 0.4) is 0 Å². The Kier molecular flexibility index (Phi) is 3.08. The van der Waals surface area contributed by atoms with Crippen LogP contribution in [0.1, 0.15) is 5.01 Å². The van der Waals surface area contributed by atoms with Gasteiger partial charge in [0.25, 0.3) is 0 Å². The Morgan fingerprint density at radius 3 is 3.00 bits per heavy atom. The van der Waals surface area contributed by atoms with Crippen molar-refractivity contribution in [2.45, 2.75) is 6.61 Å². The standard InChI is InChI=1S/C12H8ClN3OS/c13-12-11-8(1-2-15-12)5-9(6-16-11)17-7-10-14-3-4-18-10/h1-6H,7H2. The van der Waals surface area contributed by atoms with Gasteiger partial charge >= 0.3 is 0 Å². The number of ether oxygens (including phenoxy) is 1. The highest BCUT2D eigenvalue weighted by atomic mass is 35.5. The number of aromatic nitrogens is 3. The van der Waals surface area contributed by atoms with Gasteiger partial charge in [0.15, 0.2) is 5.15 Å². The average molecular weight is 278 g/mol. The zero-order valence-corrected chi connectivity index (χ0v) is 10.8. The van der Waals surface area contributed by atoms with E-state index in [9.17, 15) is 0 Å². The smallest absolute Gasteiger partial charge is 0.155 e. The Hall–Kier alpha value is -1.72. The minimum atomic E-state index is 0.402. The third-order valence-electron chi connectivity index (χ3n) is 2.38. The van der Waals surface area contributed by atoms with Crippen molar-refractivity contribution in [3.63, 3.8) is 0 Å². The molecule has 0 unspecified atom stereocenters. The van der Waals surface area contributed by atoms with Gasteiger partial charge in [-0.05, 0) is 12.1 Å². The minimum absolute atomic E-state index is 0.402. The number of pyridine rings is 2. The van der Waals surface area contributed by atoms with Gasteiger partial charge in [-0.3, -0.25) is 0 Å². The van der Waals surface area contributed by atoms with E-state index in [1.54, 1.807) is 29.9 Å². The van der Waals surface area contributed by atoms with E-state index in [1.807, 2.05) is 17.5 Å². The zero-order chi connectivity index (χ0) is 12.4. The van der Waals surface area contributed by atoms with Crippen LogP contribution < -0.4 is 4.74 Å². The molecule has 0 fully saturated rings. The number of fused-ring (bicyclic) bond motifs is 1. The third kappa shape index (κ3) is 2.27. The lowest BCUT2D eigenvalue weighted by Crippen LogP contribution is -1.95. The molecule has 0 aliphatic rings. The van der Waals surface area contributed by atoms with Crippen molar-refractivity contribution in [2.24, 2.45) is 0 Å². The molecule has 0 N–H and O–H groups in total. The zero-order valence-electron chi connectivity index (χ0n) is 9.21. The molecule has 0 spiro atoms. The molecule has 3 aromatic heterocycles. The Bertz CT molecular complexity index is 672. The SMILES string of the molecule is Clc1nccc2cc(OCc3nccs3)cnc12. The van der Waals surface area contributed by atoms with Crippen molar-refractivity contribution in [1.29, 1.82) is 0 Å². The maximum absolute atomic E-state index is 5.94. The molecular weight excluding hydrogens is 270 g/mol. The second-order valence-corrected chi connectivity index (χ2v) is 4.90. The molecule has 0 saturated heterocycles. The molecule has 0 amide bonds. The molecule has 4 nitrogen and oxygen atoms in total. The molecule has 3 heterocycles. The fourth-order valence-electron chi connectivity index (χ4n) is 1.55. The highest BCUT2D eigenvalue weighted by Crippen LogP contribution is 2.23. The van der Waals surface area contributed by atoms with E-state index in [1.165, 1.54) is 0 Å². The molecule has 6 heteroatoms. The summed E-state index contributed by atoms with van der Waals surface area (Å²) in [5.41, 5.74) is 0.681. The van der Waals surface area contributed by atoms with Gasteiger partial charge in [0.05, 0.1) is 6.20 Å². The fourth-order valence-corrected chi connectivity index (χ4v) is 2.30. The second-order valence-electron chi connectivity index (χ2n) is 3.56. The van der Waals surface area contributed by atoms with Gasteiger partial charge < -0.3 is 4.74 Å². The molecule has 0 atom stereocenters. The monoisotopic (exact) mass is 277 g/mol. The first-order chi connectivity index (χ1) is 8.83. The molecule has 0 radical (unpaired) electrons. The van der Waals surface area contributed by atoms with Crippen molar-refractivity contribution in [2.75, 3.05) is 0 Å². The summed E-state index contributed by atoms with van der Waals surface area (Å²) in [4.78, 5) is 12.4. The lowest BCUT2D eigenvalue weighted by molar-refractivity contribution is 0.305. The van der Waals surface area contributed by atoms with Gasteiger partial charge in [-0.25, -0.2) is 15.0 Å². The molecule has 3 rings (SSSR count). The number of thiazole rings is 1. The van der Waals surface area contributed by atoms with E-state index < -0.39 is 0 Å². The van der Waals surface area contributed by atoms with E-state index in [2.05, 4.69) is 15.0 Å². The Morgan fingerprint density at radius 1 is 1.22 bits per heavy atom. The van der Waals surface area contributed by atoms with Crippen molar-refractivity contribution >= 4 is 33.8 Å². The van der Waals surface area contributed by atoms with Gasteiger partial charge in [-0.15, -0.1) is 11.3 Å². The van der Waals surface area contributed by atoms with E-state index in [0.29, 0.717) is 23.0 Å². The summed E-state index contributed by atoms with van der Waals surface area (Å²) in [7, 11) is 0. The van der Waals surface area contributed by atoms with Crippen LogP contribution in [-0.4, -0.2) is 15.0 Å². The fraction of sp³-hybridized carbons (Fsp3) is 0.0833. The Morgan fingerprint density at radius 2 is 2.17 bits per heavy atom. The number of nitrogens with zero attached hydrogens (tertiary/aromatic N) is 3. The lowest BCUT2D eigenvalue weighted by Gasteiger charge is -2.05. The molecule has 0 bridgehead atoms. The predicted molar refractivity (Wildman–Crippen MR) is 71.0 cm³/mol. The van der Waals surface area contributed by atoms with Crippen LogP contribution >= 0.6 is 22.9 Å². The van der Waals surface area contributed by atoms with Crippen LogP contribution in [0.25, 0.3) is 10.9 Å². The molecule has 0 aliphatic heterocycles. The first-order valence-electron chi connectivity index (χ1n) is 5.24. The molecule has 3 aromatic rings. The van der Waals surface area contributed by atoms with Crippen LogP contribution in [0.5, 0.6) is 5.75 Å². The van der Waals surface area contributed by atoms with Gasteiger partial charge in [0.2, 0.25) is 0 Å². The van der Waals surface area contributed by atoms with Crippen LogP contribution in [0.4, 0.5) is 0 Å². The van der Waals surface area contributed by atoms with Crippen molar-refractivity contribution in [1.82, 2.24) is 15.0 Å². The number of rotatable bonds is 3. The summed E-state index contributed by atoms with van der Waals surface area (Å²) >= 11 is 7.51.